The quantitative estimate of drug-likeness (QED) is 0.600. The van der Waals surface area contributed by atoms with Crippen LogP contribution in [0, 0.1) is 5.82 Å². The summed E-state index contributed by atoms with van der Waals surface area (Å²) in [5.74, 6) is -0.116. The molecule has 0 aliphatic carbocycles. The van der Waals surface area contributed by atoms with E-state index in [4.69, 9.17) is 4.74 Å². The maximum Gasteiger partial charge on any atom is 0.186 e. The second-order valence-electron chi connectivity index (χ2n) is 5.48. The van der Waals surface area contributed by atoms with Crippen LogP contribution in [0.3, 0.4) is 0 Å². The average molecular weight is 313 g/mol. The number of ketones is 1. The molecule has 2 rings (SSSR count). The summed E-state index contributed by atoms with van der Waals surface area (Å²) in [7, 11) is 5.38. The van der Waals surface area contributed by atoms with E-state index in [1.54, 1.807) is 18.2 Å². The van der Waals surface area contributed by atoms with E-state index >= 15 is 0 Å². The first-order valence-electron chi connectivity index (χ1n) is 7.30. The van der Waals surface area contributed by atoms with E-state index in [1.807, 2.05) is 37.2 Å². The van der Waals surface area contributed by atoms with Crippen LogP contribution in [0.4, 0.5) is 4.39 Å². The lowest BCUT2D eigenvalue weighted by atomic mass is 10.0. The molecule has 0 amide bonds. The van der Waals surface area contributed by atoms with Crippen LogP contribution in [0.25, 0.3) is 6.08 Å². The van der Waals surface area contributed by atoms with Gasteiger partial charge in [-0.05, 0) is 43.9 Å². The lowest BCUT2D eigenvalue weighted by Crippen LogP contribution is -2.13. The molecule has 0 bridgehead atoms. The predicted octanol–water partition coefficient (Wildman–Crippen LogP) is 3.79. The number of allylic oxidation sites excluding steroid dienone is 1. The van der Waals surface area contributed by atoms with Crippen molar-refractivity contribution in [2.45, 2.75) is 6.54 Å². The smallest absolute Gasteiger partial charge is 0.186 e. The molecule has 2 aromatic rings. The third kappa shape index (κ3) is 4.50. The van der Waals surface area contributed by atoms with Gasteiger partial charge in [-0.3, -0.25) is 4.79 Å². The van der Waals surface area contributed by atoms with Crippen molar-refractivity contribution in [2.75, 3.05) is 21.2 Å². The molecule has 3 nitrogen and oxygen atoms in total. The van der Waals surface area contributed by atoms with Crippen LogP contribution >= 0.6 is 0 Å². The van der Waals surface area contributed by atoms with E-state index in [-0.39, 0.29) is 5.78 Å². The van der Waals surface area contributed by atoms with Crippen molar-refractivity contribution in [2.24, 2.45) is 0 Å². The first-order valence-corrected chi connectivity index (χ1v) is 7.30. The van der Waals surface area contributed by atoms with E-state index in [0.717, 1.165) is 5.56 Å². The van der Waals surface area contributed by atoms with Gasteiger partial charge >= 0.3 is 0 Å². The zero-order chi connectivity index (χ0) is 16.8. The van der Waals surface area contributed by atoms with Crippen molar-refractivity contribution in [1.29, 1.82) is 0 Å². The second kappa shape index (κ2) is 7.70. The molecule has 23 heavy (non-hydrogen) atoms. The molecule has 2 aromatic carbocycles. The molecule has 0 aliphatic rings. The number of benzene rings is 2. The van der Waals surface area contributed by atoms with Gasteiger partial charge in [0.05, 0.1) is 7.11 Å². The lowest BCUT2D eigenvalue weighted by Gasteiger charge is -2.12. The van der Waals surface area contributed by atoms with Crippen LogP contribution in [-0.2, 0) is 6.54 Å². The van der Waals surface area contributed by atoms with Crippen LogP contribution < -0.4 is 4.74 Å². The van der Waals surface area contributed by atoms with Gasteiger partial charge in [0.25, 0.3) is 0 Å². The number of methoxy groups -OCH3 is 1. The summed E-state index contributed by atoms with van der Waals surface area (Å²) in [4.78, 5) is 14.4. The highest BCUT2D eigenvalue weighted by atomic mass is 19.1. The Hall–Kier alpha value is -2.46. The SMILES string of the molecule is COc1ccc(/C=C/C(=O)c2ccccc2CN(C)C)c(F)c1. The van der Waals surface area contributed by atoms with Gasteiger partial charge in [-0.1, -0.05) is 24.3 Å². The summed E-state index contributed by atoms with van der Waals surface area (Å²) < 4.78 is 18.9. The Bertz CT molecular complexity index is 723. The summed E-state index contributed by atoms with van der Waals surface area (Å²) in [5.41, 5.74) is 1.93. The summed E-state index contributed by atoms with van der Waals surface area (Å²) in [6.07, 6.45) is 2.89. The number of carbonyl (C=O) groups is 1. The fourth-order valence-corrected chi connectivity index (χ4v) is 2.26. The number of carbonyl (C=O) groups excluding carboxylic acids is 1. The Balaban J connectivity index is 2.22. The fraction of sp³-hybridized carbons (Fsp3) is 0.211. The number of halogens is 1. The summed E-state index contributed by atoms with van der Waals surface area (Å²) in [6, 6.07) is 12.0. The van der Waals surface area contributed by atoms with Crippen molar-refractivity contribution < 1.29 is 13.9 Å². The maximum absolute atomic E-state index is 13.9. The molecule has 0 N–H and O–H groups in total. The number of hydrogen-bond donors (Lipinski definition) is 0. The molecular weight excluding hydrogens is 293 g/mol. The number of hydrogen-bond acceptors (Lipinski definition) is 3. The maximum atomic E-state index is 13.9. The second-order valence-corrected chi connectivity index (χ2v) is 5.48. The first-order chi connectivity index (χ1) is 11.0. The largest absolute Gasteiger partial charge is 0.497 e. The van der Waals surface area contributed by atoms with Crippen LogP contribution in [0.15, 0.2) is 48.5 Å². The highest BCUT2D eigenvalue weighted by Crippen LogP contribution is 2.18. The third-order valence-electron chi connectivity index (χ3n) is 3.39. The van der Waals surface area contributed by atoms with Gasteiger partial charge in [-0.2, -0.15) is 0 Å². The van der Waals surface area contributed by atoms with Crippen molar-refractivity contribution in [3.05, 3.63) is 71.0 Å². The Morgan fingerprint density at radius 1 is 1.22 bits per heavy atom. The van der Waals surface area contributed by atoms with Crippen molar-refractivity contribution >= 4 is 11.9 Å². The average Bonchev–Trinajstić information content (AvgIpc) is 2.53. The molecule has 0 saturated heterocycles. The van der Waals surface area contributed by atoms with Crippen LogP contribution in [0.5, 0.6) is 5.75 Å². The Kier molecular flexibility index (Phi) is 5.66. The number of ether oxygens (including phenoxy) is 1. The van der Waals surface area contributed by atoms with Crippen molar-refractivity contribution in [3.8, 4) is 5.75 Å². The summed E-state index contributed by atoms with van der Waals surface area (Å²) >= 11 is 0. The Morgan fingerprint density at radius 2 is 1.96 bits per heavy atom. The Labute approximate surface area is 136 Å². The molecule has 0 aromatic heterocycles. The van der Waals surface area contributed by atoms with Crippen LogP contribution in [0.2, 0.25) is 0 Å². The molecule has 4 heteroatoms. The highest BCUT2D eigenvalue weighted by molar-refractivity contribution is 6.07. The normalized spacial score (nSPS) is 11.2. The zero-order valence-corrected chi connectivity index (χ0v) is 13.5. The molecule has 0 unspecified atom stereocenters. The zero-order valence-electron chi connectivity index (χ0n) is 13.5. The third-order valence-corrected chi connectivity index (χ3v) is 3.39. The van der Waals surface area contributed by atoms with Gasteiger partial charge in [0, 0.05) is 23.7 Å². The van der Waals surface area contributed by atoms with Crippen LogP contribution in [0.1, 0.15) is 21.5 Å². The van der Waals surface area contributed by atoms with Gasteiger partial charge in [0.15, 0.2) is 5.78 Å². The monoisotopic (exact) mass is 313 g/mol. The topological polar surface area (TPSA) is 29.5 Å². The summed E-state index contributed by atoms with van der Waals surface area (Å²) in [6.45, 7) is 0.673. The molecule has 0 heterocycles. The number of rotatable bonds is 6. The van der Waals surface area contributed by atoms with Gasteiger partial charge < -0.3 is 9.64 Å². The molecule has 0 radical (unpaired) electrons. The van der Waals surface area contributed by atoms with Gasteiger partial charge in [-0.25, -0.2) is 4.39 Å². The van der Waals surface area contributed by atoms with E-state index in [1.165, 1.54) is 25.3 Å². The molecule has 0 atom stereocenters. The minimum absolute atomic E-state index is 0.141. The number of nitrogens with zero attached hydrogens (tertiary/aromatic N) is 1. The lowest BCUT2D eigenvalue weighted by molar-refractivity contribution is 0.104. The highest BCUT2D eigenvalue weighted by Gasteiger charge is 2.09. The standard InChI is InChI=1S/C19H20FNO2/c1-21(2)13-15-6-4-5-7-17(15)19(22)11-9-14-8-10-16(23-3)12-18(14)20/h4-12H,13H2,1-3H3/b11-9+. The molecule has 0 fully saturated rings. The van der Waals surface area contributed by atoms with E-state index in [2.05, 4.69) is 0 Å². The van der Waals surface area contributed by atoms with E-state index in [0.29, 0.717) is 23.4 Å². The summed E-state index contributed by atoms with van der Waals surface area (Å²) in [5, 5.41) is 0. The van der Waals surface area contributed by atoms with E-state index < -0.39 is 5.82 Å². The molecule has 0 spiro atoms. The van der Waals surface area contributed by atoms with E-state index in [9.17, 15) is 9.18 Å². The van der Waals surface area contributed by atoms with Gasteiger partial charge in [0.2, 0.25) is 0 Å². The van der Waals surface area contributed by atoms with Crippen molar-refractivity contribution in [3.63, 3.8) is 0 Å². The first kappa shape index (κ1) is 16.9. The van der Waals surface area contributed by atoms with Gasteiger partial charge in [0.1, 0.15) is 11.6 Å². The van der Waals surface area contributed by atoms with Crippen LogP contribution in [-0.4, -0.2) is 31.9 Å². The minimum atomic E-state index is -0.421. The van der Waals surface area contributed by atoms with Crippen molar-refractivity contribution in [1.82, 2.24) is 4.90 Å². The fourth-order valence-electron chi connectivity index (χ4n) is 2.26. The minimum Gasteiger partial charge on any atom is -0.497 e. The Morgan fingerprint density at radius 3 is 2.61 bits per heavy atom. The molecule has 120 valence electrons. The van der Waals surface area contributed by atoms with Gasteiger partial charge in [-0.15, -0.1) is 0 Å². The molecule has 0 saturated carbocycles. The molecular formula is C19H20FNO2. The predicted molar refractivity (Wildman–Crippen MR) is 90.1 cm³/mol. The molecule has 0 aliphatic heterocycles.